The van der Waals surface area contributed by atoms with Gasteiger partial charge in [-0.05, 0) is 37.6 Å². The van der Waals surface area contributed by atoms with Crippen LogP contribution in [0.1, 0.15) is 46.0 Å². The molecule has 0 spiro atoms. The molecule has 1 N–H and O–H groups in total. The van der Waals surface area contributed by atoms with E-state index in [-0.39, 0.29) is 0 Å². The maximum absolute atomic E-state index is 5.65. The van der Waals surface area contributed by atoms with Gasteiger partial charge in [-0.2, -0.15) is 0 Å². The molecule has 3 heteroatoms. The Bertz CT molecular complexity index is 267. The molecule has 1 aliphatic carbocycles. The normalized spacial score (nSPS) is 37.4. The van der Waals surface area contributed by atoms with Crippen molar-refractivity contribution in [1.82, 2.24) is 10.2 Å². The molecule has 2 rings (SSSR count). The molecule has 3 nitrogen and oxygen atoms in total. The molecule has 2 aliphatic rings. The van der Waals surface area contributed by atoms with Crippen molar-refractivity contribution in [3.63, 3.8) is 0 Å². The summed E-state index contributed by atoms with van der Waals surface area (Å²) >= 11 is 0. The molecule has 0 radical (unpaired) electrons. The lowest BCUT2D eigenvalue weighted by Gasteiger charge is -2.46. The van der Waals surface area contributed by atoms with Crippen LogP contribution in [-0.4, -0.2) is 50.8 Å². The zero-order valence-electron chi connectivity index (χ0n) is 13.1. The van der Waals surface area contributed by atoms with Crippen molar-refractivity contribution < 1.29 is 4.74 Å². The molecule has 0 amide bonds. The maximum atomic E-state index is 5.65. The number of nitrogens with one attached hydrogen (secondary N) is 1. The van der Waals surface area contributed by atoms with Gasteiger partial charge in [-0.15, -0.1) is 0 Å². The highest BCUT2D eigenvalue weighted by Crippen LogP contribution is 2.40. The van der Waals surface area contributed by atoms with Gasteiger partial charge in [0, 0.05) is 25.7 Å². The summed E-state index contributed by atoms with van der Waals surface area (Å²) in [5.74, 6) is 0.892. The van der Waals surface area contributed by atoms with Crippen molar-refractivity contribution in [3.8, 4) is 0 Å². The summed E-state index contributed by atoms with van der Waals surface area (Å²) in [5, 5.41) is 3.46. The first-order chi connectivity index (χ1) is 9.19. The quantitative estimate of drug-likeness (QED) is 0.829. The first-order valence-electron chi connectivity index (χ1n) is 8.15. The molecule has 112 valence electrons. The fraction of sp³-hybridized carbons (Fsp3) is 1.00. The highest BCUT2D eigenvalue weighted by atomic mass is 16.5. The predicted molar refractivity (Wildman–Crippen MR) is 80.5 cm³/mol. The fourth-order valence-electron chi connectivity index (χ4n) is 4.21. The third kappa shape index (κ3) is 3.93. The average Bonchev–Trinajstić information content (AvgIpc) is 2.39. The Kier molecular flexibility index (Phi) is 5.67. The summed E-state index contributed by atoms with van der Waals surface area (Å²) in [6.07, 6.45) is 6.83. The number of morpholine rings is 1. The number of ether oxygens (including phenoxy) is 1. The van der Waals surface area contributed by atoms with Crippen LogP contribution in [0.3, 0.4) is 0 Å². The zero-order chi connectivity index (χ0) is 13.7. The van der Waals surface area contributed by atoms with Gasteiger partial charge in [0.05, 0.1) is 13.2 Å². The van der Waals surface area contributed by atoms with Crippen LogP contribution in [0.25, 0.3) is 0 Å². The lowest BCUT2D eigenvalue weighted by atomic mass is 9.69. The monoisotopic (exact) mass is 268 g/mol. The summed E-state index contributed by atoms with van der Waals surface area (Å²) in [7, 11) is 2.11. The van der Waals surface area contributed by atoms with Crippen LogP contribution < -0.4 is 5.32 Å². The van der Waals surface area contributed by atoms with Gasteiger partial charge in [-0.1, -0.05) is 26.7 Å². The number of hydrogen-bond acceptors (Lipinski definition) is 3. The molecule has 1 saturated carbocycles. The zero-order valence-corrected chi connectivity index (χ0v) is 13.1. The van der Waals surface area contributed by atoms with Gasteiger partial charge in [0.15, 0.2) is 0 Å². The summed E-state index contributed by atoms with van der Waals surface area (Å²) < 4.78 is 5.65. The van der Waals surface area contributed by atoms with Gasteiger partial charge >= 0.3 is 0 Å². The van der Waals surface area contributed by atoms with Crippen molar-refractivity contribution in [2.75, 3.05) is 39.9 Å². The van der Waals surface area contributed by atoms with E-state index >= 15 is 0 Å². The van der Waals surface area contributed by atoms with Gasteiger partial charge in [0.25, 0.3) is 0 Å². The molecular weight excluding hydrogens is 236 g/mol. The van der Waals surface area contributed by atoms with E-state index in [1.165, 1.54) is 45.2 Å². The molecular formula is C16H32N2O. The highest BCUT2D eigenvalue weighted by Gasteiger charge is 2.37. The minimum atomic E-state index is 0.497. The molecule has 2 fully saturated rings. The Balaban J connectivity index is 2.02. The molecule has 0 aromatic carbocycles. The first kappa shape index (κ1) is 15.3. The van der Waals surface area contributed by atoms with E-state index in [4.69, 9.17) is 4.74 Å². The van der Waals surface area contributed by atoms with Crippen molar-refractivity contribution in [2.24, 2.45) is 11.3 Å². The molecule has 1 saturated heterocycles. The molecule has 19 heavy (non-hydrogen) atoms. The standard InChI is InChI=1S/C16H32N2O/c1-4-15-11-19-9-8-18(15)13-16(12-17-3)7-5-6-14(2)10-16/h14-15,17H,4-13H2,1-3H3. The predicted octanol–water partition coefficient (Wildman–Crippen LogP) is 2.51. The Morgan fingerprint density at radius 1 is 1.42 bits per heavy atom. The minimum absolute atomic E-state index is 0.497. The topological polar surface area (TPSA) is 24.5 Å². The van der Waals surface area contributed by atoms with Gasteiger partial charge in [0.2, 0.25) is 0 Å². The molecule has 0 bridgehead atoms. The second kappa shape index (κ2) is 7.05. The van der Waals surface area contributed by atoms with E-state index < -0.39 is 0 Å². The molecule has 0 aromatic rings. The van der Waals surface area contributed by atoms with E-state index in [0.29, 0.717) is 11.5 Å². The maximum Gasteiger partial charge on any atom is 0.0622 e. The number of nitrogens with zero attached hydrogens (tertiary/aromatic N) is 1. The Morgan fingerprint density at radius 3 is 2.95 bits per heavy atom. The molecule has 3 unspecified atom stereocenters. The lowest BCUT2D eigenvalue weighted by Crippen LogP contribution is -2.53. The van der Waals surface area contributed by atoms with Crippen molar-refractivity contribution in [3.05, 3.63) is 0 Å². The van der Waals surface area contributed by atoms with Crippen LogP contribution in [0.2, 0.25) is 0 Å². The van der Waals surface area contributed by atoms with Gasteiger partial charge < -0.3 is 10.1 Å². The SMILES string of the molecule is CCC1COCCN1CC1(CNC)CCCC(C)C1. The summed E-state index contributed by atoms with van der Waals surface area (Å²) in [5.41, 5.74) is 0.497. The van der Waals surface area contributed by atoms with Crippen molar-refractivity contribution >= 4 is 0 Å². The Hall–Kier alpha value is -0.120. The summed E-state index contributed by atoms with van der Waals surface area (Å²) in [6, 6.07) is 0.639. The Labute approximate surface area is 119 Å². The molecule has 1 heterocycles. The number of rotatable bonds is 5. The van der Waals surface area contributed by atoms with E-state index in [0.717, 1.165) is 25.7 Å². The van der Waals surface area contributed by atoms with Crippen molar-refractivity contribution in [1.29, 1.82) is 0 Å². The second-order valence-corrected chi connectivity index (χ2v) is 6.84. The van der Waals surface area contributed by atoms with E-state index in [1.807, 2.05) is 0 Å². The van der Waals surface area contributed by atoms with Crippen LogP contribution >= 0.6 is 0 Å². The minimum Gasteiger partial charge on any atom is -0.378 e. The average molecular weight is 268 g/mol. The fourth-order valence-corrected chi connectivity index (χ4v) is 4.21. The van der Waals surface area contributed by atoms with Gasteiger partial charge in [-0.25, -0.2) is 0 Å². The third-order valence-corrected chi connectivity index (χ3v) is 5.10. The molecule has 1 aliphatic heterocycles. The lowest BCUT2D eigenvalue weighted by molar-refractivity contribution is -0.0373. The Morgan fingerprint density at radius 2 is 2.26 bits per heavy atom. The largest absolute Gasteiger partial charge is 0.378 e. The van der Waals surface area contributed by atoms with Crippen LogP contribution in [0.4, 0.5) is 0 Å². The number of hydrogen-bond donors (Lipinski definition) is 1. The van der Waals surface area contributed by atoms with Gasteiger partial charge in [0.1, 0.15) is 0 Å². The molecule has 0 aromatic heterocycles. The summed E-state index contributed by atoms with van der Waals surface area (Å²) in [6.45, 7) is 10.1. The second-order valence-electron chi connectivity index (χ2n) is 6.84. The van der Waals surface area contributed by atoms with Crippen molar-refractivity contribution in [2.45, 2.75) is 52.0 Å². The summed E-state index contributed by atoms with van der Waals surface area (Å²) in [4.78, 5) is 2.71. The van der Waals surface area contributed by atoms with E-state index in [2.05, 4.69) is 31.1 Å². The van der Waals surface area contributed by atoms with Crippen LogP contribution in [0.5, 0.6) is 0 Å². The van der Waals surface area contributed by atoms with Crippen LogP contribution in [0.15, 0.2) is 0 Å². The van der Waals surface area contributed by atoms with E-state index in [1.54, 1.807) is 0 Å². The third-order valence-electron chi connectivity index (χ3n) is 5.10. The first-order valence-corrected chi connectivity index (χ1v) is 8.15. The molecule has 3 atom stereocenters. The van der Waals surface area contributed by atoms with Crippen LogP contribution in [-0.2, 0) is 4.74 Å². The highest BCUT2D eigenvalue weighted by molar-refractivity contribution is 4.91. The smallest absolute Gasteiger partial charge is 0.0622 e. The van der Waals surface area contributed by atoms with Gasteiger partial charge in [-0.3, -0.25) is 4.90 Å². The van der Waals surface area contributed by atoms with Crippen LogP contribution in [0, 0.1) is 11.3 Å². The van der Waals surface area contributed by atoms with E-state index in [9.17, 15) is 0 Å².